The number of anilines is 3. The van der Waals surface area contributed by atoms with Crippen LogP contribution in [0.4, 0.5) is 17.5 Å². The molecule has 0 aliphatic carbocycles. The number of rotatable bonds is 6. The van der Waals surface area contributed by atoms with Crippen LogP contribution in [-0.2, 0) is 4.74 Å². The molecule has 6 nitrogen and oxygen atoms in total. The summed E-state index contributed by atoms with van der Waals surface area (Å²) >= 11 is 0. The number of hydrogen-bond acceptors (Lipinski definition) is 6. The lowest BCUT2D eigenvalue weighted by Crippen LogP contribution is -2.39. The van der Waals surface area contributed by atoms with Gasteiger partial charge in [-0.1, -0.05) is 18.2 Å². The number of nitrogens with zero attached hydrogens (tertiary/aromatic N) is 3. The maximum absolute atomic E-state index is 5.36. The molecule has 3 rings (SSSR count). The van der Waals surface area contributed by atoms with Crippen LogP contribution in [-0.4, -0.2) is 54.3 Å². The first-order valence-corrected chi connectivity index (χ1v) is 8.01. The number of para-hydroxylation sites is 1. The minimum atomic E-state index is 0.607. The van der Waals surface area contributed by atoms with Gasteiger partial charge in [0.15, 0.2) is 0 Å². The molecule has 0 radical (unpaired) electrons. The van der Waals surface area contributed by atoms with E-state index in [1.807, 2.05) is 43.5 Å². The van der Waals surface area contributed by atoms with Crippen molar-refractivity contribution >= 4 is 17.5 Å². The van der Waals surface area contributed by atoms with Gasteiger partial charge in [-0.2, -0.15) is 4.98 Å². The van der Waals surface area contributed by atoms with Gasteiger partial charge < -0.3 is 15.4 Å². The van der Waals surface area contributed by atoms with Gasteiger partial charge in [-0.3, -0.25) is 4.90 Å². The number of aryl methyl sites for hydroxylation is 1. The van der Waals surface area contributed by atoms with E-state index >= 15 is 0 Å². The van der Waals surface area contributed by atoms with Gasteiger partial charge in [-0.15, -0.1) is 0 Å². The Morgan fingerprint density at radius 1 is 1.17 bits per heavy atom. The molecule has 1 fully saturated rings. The molecule has 0 amide bonds. The predicted octanol–water partition coefficient (Wildman–Crippen LogP) is 2.27. The molecule has 0 saturated carbocycles. The Labute approximate surface area is 136 Å². The monoisotopic (exact) mass is 313 g/mol. The minimum absolute atomic E-state index is 0.607. The molecule has 0 bridgehead atoms. The van der Waals surface area contributed by atoms with Crippen molar-refractivity contribution in [1.82, 2.24) is 14.9 Å². The number of benzene rings is 1. The molecule has 1 aliphatic heterocycles. The SMILES string of the molecule is Cc1cnc(Nc2ccccc2)nc1NCCN1CCOCC1. The van der Waals surface area contributed by atoms with Crippen LogP contribution >= 0.6 is 0 Å². The van der Waals surface area contributed by atoms with Crippen molar-refractivity contribution in [2.24, 2.45) is 0 Å². The smallest absolute Gasteiger partial charge is 0.229 e. The van der Waals surface area contributed by atoms with Crippen LogP contribution in [0.3, 0.4) is 0 Å². The summed E-state index contributed by atoms with van der Waals surface area (Å²) in [5.41, 5.74) is 2.03. The molecule has 122 valence electrons. The number of aromatic nitrogens is 2. The van der Waals surface area contributed by atoms with Crippen LogP contribution in [0.2, 0.25) is 0 Å². The molecule has 0 spiro atoms. The molecule has 0 atom stereocenters. The maximum atomic E-state index is 5.36. The van der Waals surface area contributed by atoms with E-state index in [9.17, 15) is 0 Å². The third-order valence-corrected chi connectivity index (χ3v) is 3.83. The highest BCUT2D eigenvalue weighted by Gasteiger charge is 2.10. The Hall–Kier alpha value is -2.18. The van der Waals surface area contributed by atoms with Crippen molar-refractivity contribution in [2.75, 3.05) is 50.0 Å². The number of hydrogen-bond donors (Lipinski definition) is 2. The second-order valence-corrected chi connectivity index (χ2v) is 5.60. The van der Waals surface area contributed by atoms with Gasteiger partial charge >= 0.3 is 0 Å². The van der Waals surface area contributed by atoms with Gasteiger partial charge in [0.25, 0.3) is 0 Å². The molecule has 6 heteroatoms. The van der Waals surface area contributed by atoms with Crippen molar-refractivity contribution in [3.05, 3.63) is 42.1 Å². The third-order valence-electron chi connectivity index (χ3n) is 3.83. The summed E-state index contributed by atoms with van der Waals surface area (Å²) in [6.45, 7) is 7.55. The molecule has 2 N–H and O–H groups in total. The van der Waals surface area contributed by atoms with Crippen LogP contribution in [0.25, 0.3) is 0 Å². The summed E-state index contributed by atoms with van der Waals surface area (Å²) in [5.74, 6) is 1.49. The van der Waals surface area contributed by atoms with E-state index in [-0.39, 0.29) is 0 Å². The number of morpholine rings is 1. The molecule has 1 aromatic heterocycles. The van der Waals surface area contributed by atoms with Gasteiger partial charge in [0.1, 0.15) is 5.82 Å². The fourth-order valence-corrected chi connectivity index (χ4v) is 2.49. The second-order valence-electron chi connectivity index (χ2n) is 5.60. The lowest BCUT2D eigenvalue weighted by atomic mass is 10.3. The first-order chi connectivity index (χ1) is 11.3. The fourth-order valence-electron chi connectivity index (χ4n) is 2.49. The topological polar surface area (TPSA) is 62.3 Å². The zero-order chi connectivity index (χ0) is 15.9. The van der Waals surface area contributed by atoms with E-state index < -0.39 is 0 Å². The van der Waals surface area contributed by atoms with E-state index in [0.717, 1.165) is 56.5 Å². The van der Waals surface area contributed by atoms with Gasteiger partial charge in [0.05, 0.1) is 13.2 Å². The van der Waals surface area contributed by atoms with E-state index in [2.05, 4.69) is 25.5 Å². The minimum Gasteiger partial charge on any atom is -0.379 e. The summed E-state index contributed by atoms with van der Waals surface area (Å²) in [6, 6.07) is 9.94. The molecule has 2 heterocycles. The maximum Gasteiger partial charge on any atom is 0.229 e. The van der Waals surface area contributed by atoms with Crippen LogP contribution in [0.15, 0.2) is 36.5 Å². The van der Waals surface area contributed by atoms with Crippen molar-refractivity contribution < 1.29 is 4.74 Å². The van der Waals surface area contributed by atoms with E-state index in [0.29, 0.717) is 5.95 Å². The molecule has 23 heavy (non-hydrogen) atoms. The summed E-state index contributed by atoms with van der Waals surface area (Å²) in [4.78, 5) is 11.3. The average molecular weight is 313 g/mol. The summed E-state index contributed by atoms with van der Waals surface area (Å²) in [5, 5.41) is 6.63. The van der Waals surface area contributed by atoms with Gasteiger partial charge in [-0.25, -0.2) is 4.98 Å². The quantitative estimate of drug-likeness (QED) is 0.853. The fraction of sp³-hybridized carbons (Fsp3) is 0.412. The Morgan fingerprint density at radius 3 is 2.74 bits per heavy atom. The molecule has 1 saturated heterocycles. The van der Waals surface area contributed by atoms with Crippen molar-refractivity contribution in [3.63, 3.8) is 0 Å². The molecular weight excluding hydrogens is 290 g/mol. The lowest BCUT2D eigenvalue weighted by molar-refractivity contribution is 0.0398. The summed E-state index contributed by atoms with van der Waals surface area (Å²) in [7, 11) is 0. The van der Waals surface area contributed by atoms with Crippen LogP contribution in [0.5, 0.6) is 0 Å². The highest BCUT2D eigenvalue weighted by Crippen LogP contribution is 2.16. The van der Waals surface area contributed by atoms with Gasteiger partial charge in [0, 0.05) is 43.6 Å². The number of ether oxygens (including phenoxy) is 1. The zero-order valence-corrected chi connectivity index (χ0v) is 13.5. The highest BCUT2D eigenvalue weighted by atomic mass is 16.5. The Kier molecular flexibility index (Phi) is 5.39. The van der Waals surface area contributed by atoms with E-state index in [1.165, 1.54) is 0 Å². The van der Waals surface area contributed by atoms with Crippen molar-refractivity contribution in [2.45, 2.75) is 6.92 Å². The Morgan fingerprint density at radius 2 is 1.96 bits per heavy atom. The first kappa shape index (κ1) is 15.7. The summed E-state index contributed by atoms with van der Waals surface area (Å²) < 4.78 is 5.36. The standard InChI is InChI=1S/C17H23N5O/c1-14-13-19-17(20-15-5-3-2-4-6-15)21-16(14)18-7-8-22-9-11-23-12-10-22/h2-6,13H,7-12H2,1H3,(H2,18,19,20,21). The molecule has 0 unspecified atom stereocenters. The van der Waals surface area contributed by atoms with Gasteiger partial charge in [-0.05, 0) is 19.1 Å². The normalized spacial score (nSPS) is 15.3. The van der Waals surface area contributed by atoms with Crippen LogP contribution in [0, 0.1) is 6.92 Å². The summed E-state index contributed by atoms with van der Waals surface area (Å²) in [6.07, 6.45) is 1.84. The molecule has 1 aromatic carbocycles. The zero-order valence-electron chi connectivity index (χ0n) is 13.5. The van der Waals surface area contributed by atoms with E-state index in [1.54, 1.807) is 0 Å². The lowest BCUT2D eigenvalue weighted by Gasteiger charge is -2.26. The van der Waals surface area contributed by atoms with Crippen LogP contribution in [0.1, 0.15) is 5.56 Å². The Balaban J connectivity index is 1.56. The van der Waals surface area contributed by atoms with E-state index in [4.69, 9.17) is 4.74 Å². The average Bonchev–Trinajstić information content (AvgIpc) is 2.59. The Bertz CT molecular complexity index is 614. The molecular formula is C17H23N5O. The predicted molar refractivity (Wildman–Crippen MR) is 92.2 cm³/mol. The molecule has 1 aliphatic rings. The molecule has 2 aromatic rings. The second kappa shape index (κ2) is 7.89. The largest absolute Gasteiger partial charge is 0.379 e. The third kappa shape index (κ3) is 4.64. The number of nitrogens with one attached hydrogen (secondary N) is 2. The van der Waals surface area contributed by atoms with Crippen LogP contribution < -0.4 is 10.6 Å². The van der Waals surface area contributed by atoms with Crippen molar-refractivity contribution in [1.29, 1.82) is 0 Å². The van der Waals surface area contributed by atoms with Gasteiger partial charge in [0.2, 0.25) is 5.95 Å². The van der Waals surface area contributed by atoms with Crippen molar-refractivity contribution in [3.8, 4) is 0 Å². The first-order valence-electron chi connectivity index (χ1n) is 8.01. The highest BCUT2D eigenvalue weighted by molar-refractivity contribution is 5.55.